The lowest BCUT2D eigenvalue weighted by Gasteiger charge is -2.22. The minimum absolute atomic E-state index is 0.0914. The summed E-state index contributed by atoms with van der Waals surface area (Å²) in [5, 5.41) is 0. The van der Waals surface area contributed by atoms with Crippen molar-refractivity contribution in [1.29, 1.82) is 0 Å². The summed E-state index contributed by atoms with van der Waals surface area (Å²) in [4.78, 5) is 16.3. The van der Waals surface area contributed by atoms with Crippen molar-refractivity contribution in [3.05, 3.63) is 114 Å². The van der Waals surface area contributed by atoms with E-state index < -0.39 is 0 Å². The molecule has 0 unspecified atom stereocenters. The molecule has 2 heterocycles. The Morgan fingerprint density at radius 3 is 2.29 bits per heavy atom. The van der Waals surface area contributed by atoms with Crippen LogP contribution in [0.2, 0.25) is 0 Å². The van der Waals surface area contributed by atoms with E-state index in [1.807, 2.05) is 66.7 Å². The number of nitrogens with zero attached hydrogens (tertiary/aromatic N) is 1. The number of ether oxygens (including phenoxy) is 4. The molecule has 5 rings (SSSR count). The van der Waals surface area contributed by atoms with Crippen LogP contribution in [0.5, 0.6) is 23.0 Å². The molecule has 176 valence electrons. The lowest BCUT2D eigenvalue weighted by molar-refractivity contribution is 0.0933. The second-order valence-electron chi connectivity index (χ2n) is 8.16. The minimum atomic E-state index is -0.369. The molecular weight excluding hydrogens is 442 g/mol. The zero-order valence-corrected chi connectivity index (χ0v) is 19.3. The van der Waals surface area contributed by atoms with Gasteiger partial charge in [-0.25, -0.2) is 0 Å². The standard InChI is InChI=1S/C29H25NO5/c1-32-23-6-2-20(3-7-23)19-34-24-8-4-21(5-9-24)29(22-12-15-30-16-13-22)35-25-10-11-26-27(31)14-17-33-28(26)18-25/h2-13,15-16,18,29H,14,17,19H2,1H3/t29-/m1/s1. The molecule has 1 aliphatic heterocycles. The Labute approximate surface area is 204 Å². The molecule has 0 radical (unpaired) electrons. The summed E-state index contributed by atoms with van der Waals surface area (Å²) in [7, 11) is 1.65. The third-order valence-corrected chi connectivity index (χ3v) is 5.85. The summed E-state index contributed by atoms with van der Waals surface area (Å²) in [5.41, 5.74) is 3.58. The number of methoxy groups -OCH3 is 1. The third-order valence-electron chi connectivity index (χ3n) is 5.85. The molecular formula is C29H25NO5. The molecule has 0 fully saturated rings. The predicted molar refractivity (Wildman–Crippen MR) is 131 cm³/mol. The first-order chi connectivity index (χ1) is 17.2. The van der Waals surface area contributed by atoms with Crippen molar-refractivity contribution in [2.75, 3.05) is 13.7 Å². The summed E-state index contributed by atoms with van der Waals surface area (Å²) in [6.07, 6.45) is 3.52. The molecule has 0 amide bonds. The number of rotatable bonds is 8. The summed E-state index contributed by atoms with van der Waals surface area (Å²) in [5.74, 6) is 2.86. The molecule has 4 aromatic rings. The SMILES string of the molecule is COc1ccc(COc2ccc([C@@H](Oc3ccc4c(c3)OCCC4=O)c3ccncc3)cc2)cc1. The number of benzene rings is 3. The van der Waals surface area contributed by atoms with E-state index in [0.29, 0.717) is 36.7 Å². The van der Waals surface area contributed by atoms with E-state index >= 15 is 0 Å². The molecule has 6 nitrogen and oxygen atoms in total. The van der Waals surface area contributed by atoms with E-state index in [4.69, 9.17) is 18.9 Å². The quantitative estimate of drug-likeness (QED) is 0.326. The Morgan fingerprint density at radius 1 is 0.857 bits per heavy atom. The van der Waals surface area contributed by atoms with Gasteiger partial charge >= 0.3 is 0 Å². The molecule has 1 atom stereocenters. The van der Waals surface area contributed by atoms with Crippen molar-refractivity contribution in [2.45, 2.75) is 19.1 Å². The average Bonchev–Trinajstić information content (AvgIpc) is 2.92. The van der Waals surface area contributed by atoms with Gasteiger partial charge in [0.1, 0.15) is 35.7 Å². The van der Waals surface area contributed by atoms with E-state index in [1.54, 1.807) is 31.6 Å². The first-order valence-electron chi connectivity index (χ1n) is 11.4. The average molecular weight is 468 g/mol. The highest BCUT2D eigenvalue weighted by Gasteiger charge is 2.21. The summed E-state index contributed by atoms with van der Waals surface area (Å²) in [6.45, 7) is 0.850. The van der Waals surface area contributed by atoms with Crippen LogP contribution in [0.15, 0.2) is 91.3 Å². The van der Waals surface area contributed by atoms with Crippen molar-refractivity contribution in [3.8, 4) is 23.0 Å². The van der Waals surface area contributed by atoms with Gasteiger partial charge in [-0.3, -0.25) is 9.78 Å². The van der Waals surface area contributed by atoms with Gasteiger partial charge in [-0.15, -0.1) is 0 Å². The normalized spacial score (nSPS) is 13.3. The van der Waals surface area contributed by atoms with Gasteiger partial charge in [0.05, 0.1) is 19.3 Å². The van der Waals surface area contributed by atoms with Crippen LogP contribution in [0.1, 0.15) is 39.6 Å². The smallest absolute Gasteiger partial charge is 0.169 e. The molecule has 0 aliphatic carbocycles. The van der Waals surface area contributed by atoms with Crippen LogP contribution in [0, 0.1) is 0 Å². The van der Waals surface area contributed by atoms with Crippen LogP contribution in [-0.2, 0) is 6.61 Å². The summed E-state index contributed by atoms with van der Waals surface area (Å²) >= 11 is 0. The molecule has 0 N–H and O–H groups in total. The third kappa shape index (κ3) is 5.27. The zero-order valence-electron chi connectivity index (χ0n) is 19.3. The number of carbonyl (C=O) groups excluding carboxylic acids is 1. The van der Waals surface area contributed by atoms with E-state index in [1.165, 1.54) is 0 Å². The van der Waals surface area contributed by atoms with Crippen molar-refractivity contribution < 1.29 is 23.7 Å². The predicted octanol–water partition coefficient (Wildman–Crippen LogP) is 5.80. The number of pyridine rings is 1. The Bertz CT molecular complexity index is 1290. The van der Waals surface area contributed by atoms with Crippen LogP contribution in [0.3, 0.4) is 0 Å². The molecule has 35 heavy (non-hydrogen) atoms. The highest BCUT2D eigenvalue weighted by Crippen LogP contribution is 2.34. The van der Waals surface area contributed by atoms with Gasteiger partial charge in [-0.2, -0.15) is 0 Å². The number of fused-ring (bicyclic) bond motifs is 1. The Balaban J connectivity index is 1.34. The highest BCUT2D eigenvalue weighted by molar-refractivity contribution is 5.99. The Kier molecular flexibility index (Phi) is 6.61. The van der Waals surface area contributed by atoms with E-state index in [2.05, 4.69) is 4.98 Å². The molecule has 0 bridgehead atoms. The van der Waals surface area contributed by atoms with Gasteiger partial charge < -0.3 is 18.9 Å². The summed E-state index contributed by atoms with van der Waals surface area (Å²) in [6, 6.07) is 24.9. The molecule has 0 saturated heterocycles. The van der Waals surface area contributed by atoms with Gasteiger partial charge in [0.25, 0.3) is 0 Å². The zero-order chi connectivity index (χ0) is 24.0. The number of aromatic nitrogens is 1. The van der Waals surface area contributed by atoms with Crippen molar-refractivity contribution in [3.63, 3.8) is 0 Å². The Hall–Kier alpha value is -4.32. The first kappa shape index (κ1) is 22.5. The molecule has 6 heteroatoms. The van der Waals surface area contributed by atoms with Crippen molar-refractivity contribution in [1.82, 2.24) is 4.98 Å². The van der Waals surface area contributed by atoms with Crippen LogP contribution in [0.25, 0.3) is 0 Å². The van der Waals surface area contributed by atoms with Crippen LogP contribution < -0.4 is 18.9 Å². The molecule has 1 aromatic heterocycles. The Morgan fingerprint density at radius 2 is 1.54 bits per heavy atom. The largest absolute Gasteiger partial charge is 0.497 e. The maximum atomic E-state index is 12.1. The fraction of sp³-hybridized carbons (Fsp3) is 0.172. The van der Waals surface area contributed by atoms with E-state index in [9.17, 15) is 4.79 Å². The maximum absolute atomic E-state index is 12.1. The monoisotopic (exact) mass is 467 g/mol. The second kappa shape index (κ2) is 10.3. The van der Waals surface area contributed by atoms with E-state index in [-0.39, 0.29) is 11.9 Å². The van der Waals surface area contributed by atoms with Crippen LogP contribution in [0.4, 0.5) is 0 Å². The van der Waals surface area contributed by atoms with Crippen molar-refractivity contribution >= 4 is 5.78 Å². The first-order valence-corrected chi connectivity index (χ1v) is 11.4. The highest BCUT2D eigenvalue weighted by atomic mass is 16.5. The molecule has 0 spiro atoms. The number of Topliss-reactive ketones (excluding diaryl/α,β-unsaturated/α-hetero) is 1. The van der Waals surface area contributed by atoms with Gasteiger partial charge in [-0.1, -0.05) is 24.3 Å². The van der Waals surface area contributed by atoms with Gasteiger partial charge in [0, 0.05) is 24.9 Å². The fourth-order valence-corrected chi connectivity index (χ4v) is 3.94. The number of ketones is 1. The van der Waals surface area contributed by atoms with Gasteiger partial charge in [-0.05, 0) is 65.2 Å². The van der Waals surface area contributed by atoms with Crippen LogP contribution in [-0.4, -0.2) is 24.5 Å². The lowest BCUT2D eigenvalue weighted by Crippen LogP contribution is -2.15. The lowest BCUT2D eigenvalue weighted by atomic mass is 10.0. The number of hydrogen-bond donors (Lipinski definition) is 0. The van der Waals surface area contributed by atoms with Gasteiger partial charge in [0.15, 0.2) is 5.78 Å². The molecule has 1 aliphatic rings. The number of hydrogen-bond acceptors (Lipinski definition) is 6. The topological polar surface area (TPSA) is 66.9 Å². The summed E-state index contributed by atoms with van der Waals surface area (Å²) < 4.78 is 23.2. The van der Waals surface area contributed by atoms with E-state index in [0.717, 1.165) is 28.2 Å². The second-order valence-corrected chi connectivity index (χ2v) is 8.16. The fourth-order valence-electron chi connectivity index (χ4n) is 3.94. The maximum Gasteiger partial charge on any atom is 0.169 e. The van der Waals surface area contributed by atoms with Gasteiger partial charge in [0.2, 0.25) is 0 Å². The number of carbonyl (C=O) groups is 1. The molecule has 0 saturated carbocycles. The van der Waals surface area contributed by atoms with Crippen LogP contribution >= 0.6 is 0 Å². The molecule has 3 aromatic carbocycles. The minimum Gasteiger partial charge on any atom is -0.497 e. The van der Waals surface area contributed by atoms with Crippen molar-refractivity contribution in [2.24, 2.45) is 0 Å².